The summed E-state index contributed by atoms with van der Waals surface area (Å²) in [6.07, 6.45) is 0. The number of carbonyl (C=O) groups excluding carboxylic acids is 1. The third kappa shape index (κ3) is 2.27. The molecule has 2 heterocycles. The predicted molar refractivity (Wildman–Crippen MR) is 65.2 cm³/mol. The molecule has 0 aliphatic heterocycles. The van der Waals surface area contributed by atoms with Crippen LogP contribution in [-0.2, 0) is 0 Å². The summed E-state index contributed by atoms with van der Waals surface area (Å²) in [4.78, 5) is 17.9. The van der Waals surface area contributed by atoms with Crippen molar-refractivity contribution >= 4 is 40.1 Å². The second-order valence-electron chi connectivity index (χ2n) is 3.01. The molecule has 0 fully saturated rings. The summed E-state index contributed by atoms with van der Waals surface area (Å²) in [5, 5.41) is 2.65. The van der Waals surface area contributed by atoms with Crippen LogP contribution in [0.15, 0.2) is 17.5 Å². The zero-order valence-electron chi connectivity index (χ0n) is 7.99. The Bertz CT molecular complexity index is 489. The predicted octanol–water partition coefficient (Wildman–Crippen LogP) is 3.60. The summed E-state index contributed by atoms with van der Waals surface area (Å²) in [6.45, 7) is 2.05. The molecule has 0 aliphatic rings. The van der Waals surface area contributed by atoms with Gasteiger partial charge in [0.05, 0.1) is 10.8 Å². The van der Waals surface area contributed by atoms with Crippen molar-refractivity contribution < 1.29 is 4.79 Å². The van der Waals surface area contributed by atoms with Crippen LogP contribution in [0.25, 0.3) is 9.88 Å². The van der Waals surface area contributed by atoms with Crippen molar-refractivity contribution in [3.05, 3.63) is 28.1 Å². The summed E-state index contributed by atoms with van der Waals surface area (Å²) < 4.78 is 0. The van der Waals surface area contributed by atoms with Crippen LogP contribution in [0, 0.1) is 6.92 Å². The largest absolute Gasteiger partial charge is 0.291 e. The number of aryl methyl sites for hydroxylation is 1. The minimum Gasteiger partial charge on any atom is -0.291 e. The van der Waals surface area contributed by atoms with Gasteiger partial charge in [0.2, 0.25) is 0 Å². The first-order valence-corrected chi connectivity index (χ1v) is 6.55. The number of hydrogen-bond donors (Lipinski definition) is 0. The molecule has 0 unspecified atom stereocenters. The molecule has 5 heteroatoms. The molecule has 0 saturated carbocycles. The fourth-order valence-corrected chi connectivity index (χ4v) is 3.03. The first-order chi connectivity index (χ1) is 7.20. The molecule has 15 heavy (non-hydrogen) atoms. The zero-order chi connectivity index (χ0) is 10.8. The Hall–Kier alpha value is -0.710. The van der Waals surface area contributed by atoms with E-state index in [9.17, 15) is 4.79 Å². The molecule has 0 spiro atoms. The van der Waals surface area contributed by atoms with Crippen LogP contribution in [0.3, 0.4) is 0 Å². The van der Waals surface area contributed by atoms with Gasteiger partial charge in [-0.2, -0.15) is 0 Å². The number of ketones is 1. The molecular formula is C10H8ClNOS2. The normalized spacial score (nSPS) is 10.5. The van der Waals surface area contributed by atoms with Crippen LogP contribution in [0.1, 0.15) is 15.4 Å². The van der Waals surface area contributed by atoms with E-state index in [0.29, 0.717) is 5.69 Å². The van der Waals surface area contributed by atoms with Crippen LogP contribution in [0.2, 0.25) is 0 Å². The van der Waals surface area contributed by atoms with Gasteiger partial charge in [-0.15, -0.1) is 34.3 Å². The Morgan fingerprint density at radius 1 is 1.53 bits per heavy atom. The average molecular weight is 258 g/mol. The van der Waals surface area contributed by atoms with E-state index in [0.717, 1.165) is 9.88 Å². The third-order valence-corrected chi connectivity index (χ3v) is 4.12. The molecule has 2 aromatic heterocycles. The molecular weight excluding hydrogens is 250 g/mol. The maximum atomic E-state index is 11.3. The van der Waals surface area contributed by atoms with Gasteiger partial charge in [-0.1, -0.05) is 0 Å². The van der Waals surface area contributed by atoms with Crippen LogP contribution >= 0.6 is 34.3 Å². The van der Waals surface area contributed by atoms with Crippen LogP contribution in [0.4, 0.5) is 0 Å². The Kier molecular flexibility index (Phi) is 3.19. The number of Topliss-reactive ketones (excluding diaryl/α,β-unsaturated/α-hetero) is 1. The summed E-state index contributed by atoms with van der Waals surface area (Å²) in [7, 11) is 0. The van der Waals surface area contributed by atoms with E-state index in [2.05, 4.69) is 4.98 Å². The van der Waals surface area contributed by atoms with Gasteiger partial charge < -0.3 is 0 Å². The van der Waals surface area contributed by atoms with Gasteiger partial charge in [-0.3, -0.25) is 4.79 Å². The lowest BCUT2D eigenvalue weighted by molar-refractivity contribution is 0.101. The molecule has 0 atom stereocenters. The van der Waals surface area contributed by atoms with Gasteiger partial charge in [0.25, 0.3) is 0 Å². The molecule has 0 bridgehead atoms. The zero-order valence-corrected chi connectivity index (χ0v) is 10.4. The number of aromatic nitrogens is 1. The number of nitrogens with zero attached hydrogens (tertiary/aromatic N) is 1. The average Bonchev–Trinajstić information content (AvgIpc) is 2.84. The van der Waals surface area contributed by atoms with Crippen molar-refractivity contribution in [2.75, 3.05) is 5.88 Å². The molecule has 0 radical (unpaired) electrons. The first-order valence-electron chi connectivity index (χ1n) is 4.32. The van der Waals surface area contributed by atoms with Gasteiger partial charge in [0.15, 0.2) is 5.78 Å². The van der Waals surface area contributed by atoms with E-state index >= 15 is 0 Å². The van der Waals surface area contributed by atoms with Gasteiger partial charge in [-0.25, -0.2) is 4.98 Å². The molecule has 2 aromatic rings. The molecule has 0 amide bonds. The summed E-state index contributed by atoms with van der Waals surface area (Å²) in [5.41, 5.74) is 0.469. The lowest BCUT2D eigenvalue weighted by Crippen LogP contribution is -1.99. The minimum atomic E-state index is -0.118. The number of thiophene rings is 1. The molecule has 0 N–H and O–H groups in total. The lowest BCUT2D eigenvalue weighted by Gasteiger charge is -1.88. The highest BCUT2D eigenvalue weighted by Gasteiger charge is 2.11. The van der Waals surface area contributed by atoms with Crippen molar-refractivity contribution in [1.82, 2.24) is 4.98 Å². The van der Waals surface area contributed by atoms with E-state index in [4.69, 9.17) is 11.6 Å². The summed E-state index contributed by atoms with van der Waals surface area (Å²) in [6, 6.07) is 4.07. The molecule has 2 nitrogen and oxygen atoms in total. The second-order valence-corrected chi connectivity index (χ2v) is 5.42. The smallest absolute Gasteiger partial charge is 0.196 e. The van der Waals surface area contributed by atoms with E-state index in [1.807, 2.05) is 19.1 Å². The van der Waals surface area contributed by atoms with Gasteiger partial charge in [0.1, 0.15) is 10.7 Å². The maximum Gasteiger partial charge on any atom is 0.196 e. The highest BCUT2D eigenvalue weighted by Crippen LogP contribution is 2.30. The van der Waals surface area contributed by atoms with Gasteiger partial charge in [-0.05, 0) is 19.1 Å². The van der Waals surface area contributed by atoms with Crippen LogP contribution in [0.5, 0.6) is 0 Å². The number of halogens is 1. The van der Waals surface area contributed by atoms with Crippen molar-refractivity contribution in [2.45, 2.75) is 6.92 Å². The topological polar surface area (TPSA) is 30.0 Å². The van der Waals surface area contributed by atoms with E-state index < -0.39 is 0 Å². The first kappa shape index (κ1) is 10.8. The Morgan fingerprint density at radius 2 is 2.33 bits per heavy atom. The van der Waals surface area contributed by atoms with E-state index in [1.54, 1.807) is 16.7 Å². The van der Waals surface area contributed by atoms with Crippen molar-refractivity contribution in [3.8, 4) is 9.88 Å². The number of carbonyl (C=O) groups is 1. The number of rotatable bonds is 3. The SMILES string of the molecule is Cc1ccc(-c2nc(C(=O)CCl)cs2)s1. The quantitative estimate of drug-likeness (QED) is 0.621. The minimum absolute atomic E-state index is 0.00730. The van der Waals surface area contributed by atoms with Crippen LogP contribution in [-0.4, -0.2) is 16.6 Å². The summed E-state index contributed by atoms with van der Waals surface area (Å²) >= 11 is 8.62. The standard InChI is InChI=1S/C10H8ClNOS2/c1-6-2-3-9(15-6)10-12-7(5-14-10)8(13)4-11/h2-3,5H,4H2,1H3. The maximum absolute atomic E-state index is 11.3. The monoisotopic (exact) mass is 257 g/mol. The highest BCUT2D eigenvalue weighted by atomic mass is 35.5. The van der Waals surface area contributed by atoms with Crippen molar-refractivity contribution in [2.24, 2.45) is 0 Å². The summed E-state index contributed by atoms with van der Waals surface area (Å²) in [5.74, 6) is -0.125. The molecule has 78 valence electrons. The molecule has 0 aromatic carbocycles. The Labute approximate surface area is 101 Å². The van der Waals surface area contributed by atoms with Crippen LogP contribution < -0.4 is 0 Å². The fourth-order valence-electron chi connectivity index (χ4n) is 1.13. The van der Waals surface area contributed by atoms with Crippen molar-refractivity contribution in [1.29, 1.82) is 0 Å². The van der Waals surface area contributed by atoms with E-state index in [-0.39, 0.29) is 11.7 Å². The number of alkyl halides is 1. The third-order valence-electron chi connectivity index (χ3n) is 1.86. The van der Waals surface area contributed by atoms with Crippen molar-refractivity contribution in [3.63, 3.8) is 0 Å². The fraction of sp³-hybridized carbons (Fsp3) is 0.200. The second kappa shape index (κ2) is 4.43. The lowest BCUT2D eigenvalue weighted by atomic mass is 10.3. The van der Waals surface area contributed by atoms with Gasteiger partial charge >= 0.3 is 0 Å². The van der Waals surface area contributed by atoms with E-state index in [1.165, 1.54) is 16.2 Å². The molecule has 2 rings (SSSR count). The Balaban J connectivity index is 2.31. The van der Waals surface area contributed by atoms with Gasteiger partial charge in [0, 0.05) is 10.3 Å². The Morgan fingerprint density at radius 3 is 2.93 bits per heavy atom. The molecule has 0 saturated heterocycles. The number of hydrogen-bond acceptors (Lipinski definition) is 4. The molecule has 0 aliphatic carbocycles. The highest BCUT2D eigenvalue weighted by molar-refractivity contribution is 7.21. The number of thiazole rings is 1.